The van der Waals surface area contributed by atoms with Crippen LogP contribution in [0.4, 0.5) is 0 Å². The van der Waals surface area contributed by atoms with Crippen molar-refractivity contribution in [1.29, 1.82) is 0 Å². The van der Waals surface area contributed by atoms with E-state index in [4.69, 9.17) is 16.3 Å². The van der Waals surface area contributed by atoms with Crippen LogP contribution in [-0.4, -0.2) is 47.6 Å². The van der Waals surface area contributed by atoms with E-state index in [-0.39, 0.29) is 11.2 Å². The van der Waals surface area contributed by atoms with Gasteiger partial charge in [0.25, 0.3) is 5.91 Å². The molecule has 2 heterocycles. The Bertz CT molecular complexity index is 496. The fourth-order valence-corrected chi connectivity index (χ4v) is 2.24. The van der Waals surface area contributed by atoms with Gasteiger partial charge >= 0.3 is 0 Å². The van der Waals surface area contributed by atoms with E-state index in [0.29, 0.717) is 31.1 Å². The van der Waals surface area contributed by atoms with Crippen molar-refractivity contribution in [1.82, 2.24) is 14.9 Å². The van der Waals surface area contributed by atoms with Crippen molar-refractivity contribution < 1.29 is 9.53 Å². The number of hydrogen-bond donors (Lipinski definition) is 0. The van der Waals surface area contributed by atoms with Crippen LogP contribution in [0.3, 0.4) is 0 Å². The van der Waals surface area contributed by atoms with E-state index in [1.54, 1.807) is 25.0 Å². The van der Waals surface area contributed by atoms with Crippen LogP contribution in [0.25, 0.3) is 0 Å². The van der Waals surface area contributed by atoms with Gasteiger partial charge in [-0.2, -0.15) is 0 Å². The van der Waals surface area contributed by atoms with Gasteiger partial charge in [0, 0.05) is 25.9 Å². The van der Waals surface area contributed by atoms with Crippen LogP contribution in [0.1, 0.15) is 22.6 Å². The number of nitrogens with zero attached hydrogens (tertiary/aromatic N) is 3. The van der Waals surface area contributed by atoms with E-state index in [0.717, 1.165) is 6.42 Å². The largest absolute Gasteiger partial charge is 0.380 e. The third-order valence-electron chi connectivity index (χ3n) is 2.97. The number of methoxy groups -OCH3 is 1. The number of carbonyl (C=O) groups excluding carboxylic acids is 1. The normalized spacial score (nSPS) is 15.3. The van der Waals surface area contributed by atoms with Gasteiger partial charge in [0.2, 0.25) is 5.28 Å². The zero-order chi connectivity index (χ0) is 13.8. The Morgan fingerprint density at radius 3 is 2.89 bits per heavy atom. The van der Waals surface area contributed by atoms with Gasteiger partial charge < -0.3 is 9.64 Å². The summed E-state index contributed by atoms with van der Waals surface area (Å²) < 4.78 is 5.08. The van der Waals surface area contributed by atoms with Gasteiger partial charge in [0.15, 0.2) is 0 Å². The number of aromatic nitrogens is 2. The molecule has 0 spiro atoms. The molecule has 1 aliphatic heterocycles. The van der Waals surface area contributed by atoms with Crippen molar-refractivity contribution in [2.75, 3.05) is 26.8 Å². The Balaban J connectivity index is 2.09. The van der Waals surface area contributed by atoms with Gasteiger partial charge in [-0.05, 0) is 36.6 Å². The molecule has 5 nitrogen and oxygen atoms in total. The summed E-state index contributed by atoms with van der Waals surface area (Å²) in [6, 6.07) is 1.66. The molecule has 1 aromatic rings. The zero-order valence-electron chi connectivity index (χ0n) is 11.0. The van der Waals surface area contributed by atoms with Gasteiger partial charge in [-0.1, -0.05) is 6.08 Å². The molecule has 0 saturated carbocycles. The maximum atomic E-state index is 12.3. The second-order valence-corrected chi connectivity index (χ2v) is 4.80. The van der Waals surface area contributed by atoms with Crippen LogP contribution in [-0.2, 0) is 4.74 Å². The molecule has 0 N–H and O–H groups in total. The average Bonchev–Trinajstić information content (AvgIpc) is 2.38. The fraction of sp³-hybridized carbons (Fsp3) is 0.462. The smallest absolute Gasteiger partial charge is 0.272 e. The highest BCUT2D eigenvalue weighted by Crippen LogP contribution is 2.14. The molecule has 0 aromatic carbocycles. The minimum Gasteiger partial charge on any atom is -0.380 e. The van der Waals surface area contributed by atoms with Gasteiger partial charge in [-0.3, -0.25) is 4.79 Å². The maximum Gasteiger partial charge on any atom is 0.272 e. The standard InChI is InChI=1S/C13H16ClN3O2/c1-9-7-11(16-13(14)15-9)12(18)17-5-3-10(4-6-17)8-19-2/h3,7H,4-6,8H2,1-2H3. The molecule has 102 valence electrons. The SMILES string of the molecule is COCC1=CCN(C(=O)c2cc(C)nc(Cl)n2)CC1. The predicted molar refractivity (Wildman–Crippen MR) is 72.3 cm³/mol. The van der Waals surface area contributed by atoms with Crippen molar-refractivity contribution in [2.45, 2.75) is 13.3 Å². The molecule has 0 radical (unpaired) electrons. The van der Waals surface area contributed by atoms with Gasteiger partial charge in [-0.15, -0.1) is 0 Å². The molecule has 0 aliphatic carbocycles. The Morgan fingerprint density at radius 1 is 1.53 bits per heavy atom. The Kier molecular flexibility index (Phi) is 4.50. The monoisotopic (exact) mass is 281 g/mol. The third kappa shape index (κ3) is 3.52. The maximum absolute atomic E-state index is 12.3. The summed E-state index contributed by atoms with van der Waals surface area (Å²) in [4.78, 5) is 22.0. The third-order valence-corrected chi connectivity index (χ3v) is 3.14. The molecule has 2 rings (SSSR count). The Morgan fingerprint density at radius 2 is 2.32 bits per heavy atom. The number of ether oxygens (including phenoxy) is 1. The molecular weight excluding hydrogens is 266 g/mol. The lowest BCUT2D eigenvalue weighted by Gasteiger charge is -2.26. The summed E-state index contributed by atoms with van der Waals surface area (Å²) in [5, 5.41) is 0.107. The highest BCUT2D eigenvalue weighted by molar-refractivity contribution is 6.28. The number of aryl methyl sites for hydroxylation is 1. The van der Waals surface area contributed by atoms with Crippen molar-refractivity contribution >= 4 is 17.5 Å². The lowest BCUT2D eigenvalue weighted by molar-refractivity contribution is 0.0758. The quantitative estimate of drug-likeness (QED) is 0.627. The van der Waals surface area contributed by atoms with Gasteiger partial charge in [0.1, 0.15) is 5.69 Å². The van der Waals surface area contributed by atoms with E-state index in [1.165, 1.54) is 5.57 Å². The van der Waals surface area contributed by atoms with Crippen molar-refractivity contribution in [3.63, 3.8) is 0 Å². The fourth-order valence-electron chi connectivity index (χ4n) is 2.02. The van der Waals surface area contributed by atoms with E-state index in [9.17, 15) is 4.79 Å². The minimum atomic E-state index is -0.111. The molecule has 0 fully saturated rings. The molecule has 0 unspecified atom stereocenters. The zero-order valence-corrected chi connectivity index (χ0v) is 11.8. The van der Waals surface area contributed by atoms with E-state index < -0.39 is 0 Å². The second-order valence-electron chi connectivity index (χ2n) is 4.46. The first-order valence-corrected chi connectivity index (χ1v) is 6.45. The summed E-state index contributed by atoms with van der Waals surface area (Å²) in [6.45, 7) is 3.67. The number of halogens is 1. The average molecular weight is 282 g/mol. The molecule has 0 bridgehead atoms. The van der Waals surface area contributed by atoms with Crippen molar-refractivity contribution in [3.8, 4) is 0 Å². The van der Waals surface area contributed by atoms with E-state index in [1.807, 2.05) is 6.08 Å². The van der Waals surface area contributed by atoms with Crippen LogP contribution in [0.2, 0.25) is 5.28 Å². The minimum absolute atomic E-state index is 0.107. The summed E-state index contributed by atoms with van der Waals surface area (Å²) in [7, 11) is 1.67. The van der Waals surface area contributed by atoms with Crippen LogP contribution in [0.5, 0.6) is 0 Å². The molecule has 0 saturated heterocycles. The van der Waals surface area contributed by atoms with Gasteiger partial charge in [0.05, 0.1) is 6.61 Å². The van der Waals surface area contributed by atoms with Crippen molar-refractivity contribution in [3.05, 3.63) is 34.4 Å². The Labute approximate surface area is 117 Å². The molecule has 0 atom stereocenters. The summed E-state index contributed by atoms with van der Waals surface area (Å²) in [5.74, 6) is -0.111. The first-order chi connectivity index (χ1) is 9.10. The van der Waals surface area contributed by atoms with Gasteiger partial charge in [-0.25, -0.2) is 9.97 Å². The first-order valence-electron chi connectivity index (χ1n) is 6.07. The molecule has 1 aliphatic rings. The molecular formula is C13H16ClN3O2. The van der Waals surface area contributed by atoms with Crippen LogP contribution in [0, 0.1) is 6.92 Å². The topological polar surface area (TPSA) is 55.3 Å². The second kappa shape index (κ2) is 6.12. The van der Waals surface area contributed by atoms with E-state index >= 15 is 0 Å². The van der Waals surface area contributed by atoms with Crippen LogP contribution in [0.15, 0.2) is 17.7 Å². The number of carbonyl (C=O) groups is 1. The number of rotatable bonds is 3. The Hall–Kier alpha value is -1.46. The lowest BCUT2D eigenvalue weighted by atomic mass is 10.1. The van der Waals surface area contributed by atoms with Crippen LogP contribution < -0.4 is 0 Å². The number of amides is 1. The summed E-state index contributed by atoms with van der Waals surface area (Å²) >= 11 is 5.78. The summed E-state index contributed by atoms with van der Waals surface area (Å²) in [6.07, 6.45) is 2.86. The van der Waals surface area contributed by atoms with Crippen molar-refractivity contribution in [2.24, 2.45) is 0 Å². The predicted octanol–water partition coefficient (Wildman–Crippen LogP) is 1.86. The molecule has 6 heteroatoms. The molecule has 1 amide bonds. The first kappa shape index (κ1) is 14.0. The van der Waals surface area contributed by atoms with Crippen LogP contribution >= 0.6 is 11.6 Å². The highest BCUT2D eigenvalue weighted by Gasteiger charge is 2.20. The highest BCUT2D eigenvalue weighted by atomic mass is 35.5. The van der Waals surface area contributed by atoms with E-state index in [2.05, 4.69) is 9.97 Å². The lowest BCUT2D eigenvalue weighted by Crippen LogP contribution is -2.35. The number of hydrogen-bond acceptors (Lipinski definition) is 4. The molecule has 1 aromatic heterocycles. The summed E-state index contributed by atoms with van der Waals surface area (Å²) in [5.41, 5.74) is 2.26. The molecule has 19 heavy (non-hydrogen) atoms.